The Morgan fingerprint density at radius 2 is 1.74 bits per heavy atom. The van der Waals surface area contributed by atoms with Crippen LogP contribution in [0.25, 0.3) is 5.69 Å². The third-order valence-electron chi connectivity index (χ3n) is 5.06. The van der Waals surface area contributed by atoms with E-state index in [1.165, 1.54) is 27.7 Å². The van der Waals surface area contributed by atoms with Crippen molar-refractivity contribution in [1.29, 1.82) is 0 Å². The summed E-state index contributed by atoms with van der Waals surface area (Å²) in [6.45, 7) is 2.26. The van der Waals surface area contributed by atoms with Gasteiger partial charge in [-0.05, 0) is 31.7 Å². The van der Waals surface area contributed by atoms with E-state index in [-0.39, 0.29) is 18.5 Å². The van der Waals surface area contributed by atoms with Gasteiger partial charge in [-0.25, -0.2) is 9.67 Å². The summed E-state index contributed by atoms with van der Waals surface area (Å²) in [5.41, 5.74) is 2.58. The number of nitrogens with zero attached hydrogens (tertiary/aromatic N) is 4. The van der Waals surface area contributed by atoms with Gasteiger partial charge in [-0.3, -0.25) is 9.69 Å². The number of carbonyl (C=O) groups is 1. The first-order chi connectivity index (χ1) is 15.0. The molecular weight excluding hydrogens is 398 g/mol. The van der Waals surface area contributed by atoms with Crippen LogP contribution in [0.2, 0.25) is 0 Å². The van der Waals surface area contributed by atoms with E-state index in [9.17, 15) is 4.79 Å². The number of hydrogen-bond donors (Lipinski definition) is 1. The van der Waals surface area contributed by atoms with Crippen molar-refractivity contribution >= 4 is 11.6 Å². The molecule has 0 aliphatic heterocycles. The van der Waals surface area contributed by atoms with Crippen LogP contribution < -0.4 is 19.5 Å². The summed E-state index contributed by atoms with van der Waals surface area (Å²) in [6, 6.07) is 11.4. The van der Waals surface area contributed by atoms with Crippen LogP contribution >= 0.6 is 0 Å². The summed E-state index contributed by atoms with van der Waals surface area (Å²) < 4.78 is 17.7. The van der Waals surface area contributed by atoms with Gasteiger partial charge in [0.1, 0.15) is 12.7 Å². The molecule has 0 aliphatic rings. The molecule has 9 heteroatoms. The zero-order chi connectivity index (χ0) is 22.4. The SMILES string of the molecule is COc1cc(NC(=O)CN(C)C(C)c2ccc(-n3cncn3)cc2)cc(OC)c1OC. The van der Waals surface area contributed by atoms with Crippen molar-refractivity contribution in [3.63, 3.8) is 0 Å². The minimum atomic E-state index is -0.150. The second-order valence-corrected chi connectivity index (χ2v) is 6.98. The average Bonchev–Trinajstić information content (AvgIpc) is 3.32. The highest BCUT2D eigenvalue weighted by molar-refractivity contribution is 5.93. The number of nitrogens with one attached hydrogen (secondary N) is 1. The number of aromatic nitrogens is 3. The Kier molecular flexibility index (Phi) is 7.09. The largest absolute Gasteiger partial charge is 0.493 e. The molecule has 1 N–H and O–H groups in total. The molecule has 3 rings (SSSR count). The first-order valence-electron chi connectivity index (χ1n) is 9.71. The van der Waals surface area contributed by atoms with Crippen molar-refractivity contribution in [3.8, 4) is 22.9 Å². The van der Waals surface area contributed by atoms with Crippen LogP contribution in [0.1, 0.15) is 18.5 Å². The van der Waals surface area contributed by atoms with Crippen molar-refractivity contribution in [2.24, 2.45) is 0 Å². The number of hydrogen-bond acceptors (Lipinski definition) is 7. The maximum absolute atomic E-state index is 12.6. The number of carbonyl (C=O) groups excluding carboxylic acids is 1. The molecule has 0 bridgehead atoms. The number of rotatable bonds is 9. The maximum Gasteiger partial charge on any atom is 0.238 e. The maximum atomic E-state index is 12.6. The van der Waals surface area contributed by atoms with Crippen molar-refractivity contribution in [1.82, 2.24) is 19.7 Å². The van der Waals surface area contributed by atoms with Crippen LogP contribution in [0.5, 0.6) is 17.2 Å². The van der Waals surface area contributed by atoms with Gasteiger partial charge in [-0.15, -0.1) is 0 Å². The summed E-state index contributed by atoms with van der Waals surface area (Å²) in [5, 5.41) is 7.02. The summed E-state index contributed by atoms with van der Waals surface area (Å²) >= 11 is 0. The lowest BCUT2D eigenvalue weighted by atomic mass is 10.1. The Labute approximate surface area is 181 Å². The predicted molar refractivity (Wildman–Crippen MR) is 117 cm³/mol. The van der Waals surface area contributed by atoms with Crippen molar-refractivity contribution < 1.29 is 19.0 Å². The molecular formula is C22H27N5O4. The van der Waals surface area contributed by atoms with Gasteiger partial charge in [0, 0.05) is 23.9 Å². The number of anilines is 1. The molecule has 0 aliphatic carbocycles. The molecule has 9 nitrogen and oxygen atoms in total. The quantitative estimate of drug-likeness (QED) is 0.564. The summed E-state index contributed by atoms with van der Waals surface area (Å²) in [4.78, 5) is 18.6. The Morgan fingerprint density at radius 1 is 1.10 bits per heavy atom. The zero-order valence-corrected chi connectivity index (χ0v) is 18.3. The van der Waals surface area contributed by atoms with Crippen LogP contribution in [-0.2, 0) is 4.79 Å². The first-order valence-corrected chi connectivity index (χ1v) is 9.71. The molecule has 0 saturated heterocycles. The van der Waals surface area contributed by atoms with Crippen LogP contribution in [0, 0.1) is 0 Å². The molecule has 164 valence electrons. The van der Waals surface area contributed by atoms with Crippen LogP contribution in [0.4, 0.5) is 5.69 Å². The second kappa shape index (κ2) is 9.94. The summed E-state index contributed by atoms with van der Waals surface area (Å²) in [7, 11) is 6.51. The number of likely N-dealkylation sites (N-methyl/N-ethyl adjacent to an activating group) is 1. The summed E-state index contributed by atoms with van der Waals surface area (Å²) in [6.07, 6.45) is 3.15. The fourth-order valence-electron chi connectivity index (χ4n) is 3.22. The Balaban J connectivity index is 1.65. The van der Waals surface area contributed by atoms with E-state index < -0.39 is 0 Å². The molecule has 0 radical (unpaired) electrons. The topological polar surface area (TPSA) is 90.7 Å². The Morgan fingerprint density at radius 3 is 2.26 bits per heavy atom. The van der Waals surface area contributed by atoms with Crippen LogP contribution in [-0.4, -0.2) is 60.5 Å². The average molecular weight is 425 g/mol. The third-order valence-corrected chi connectivity index (χ3v) is 5.06. The lowest BCUT2D eigenvalue weighted by Gasteiger charge is -2.25. The fourth-order valence-corrected chi connectivity index (χ4v) is 3.22. The summed E-state index contributed by atoms with van der Waals surface area (Å²) in [5.74, 6) is 1.28. The van der Waals surface area contributed by atoms with E-state index in [1.54, 1.807) is 23.1 Å². The van der Waals surface area contributed by atoms with E-state index >= 15 is 0 Å². The highest BCUT2D eigenvalue weighted by Gasteiger charge is 2.18. The predicted octanol–water partition coefficient (Wildman–Crippen LogP) is 2.92. The normalized spacial score (nSPS) is 11.8. The van der Waals surface area contributed by atoms with Crippen LogP contribution in [0.3, 0.4) is 0 Å². The molecule has 0 spiro atoms. The van der Waals surface area contributed by atoms with Crippen molar-refractivity contribution in [2.75, 3.05) is 40.2 Å². The lowest BCUT2D eigenvalue weighted by molar-refractivity contribution is -0.117. The fraction of sp³-hybridized carbons (Fsp3) is 0.318. The highest BCUT2D eigenvalue weighted by Crippen LogP contribution is 2.39. The molecule has 1 heterocycles. The lowest BCUT2D eigenvalue weighted by Crippen LogP contribution is -2.32. The number of amides is 1. The van der Waals surface area contributed by atoms with E-state index in [0.29, 0.717) is 22.9 Å². The number of methoxy groups -OCH3 is 3. The van der Waals surface area contributed by atoms with E-state index in [1.807, 2.05) is 36.2 Å². The van der Waals surface area contributed by atoms with Gasteiger partial charge in [0.2, 0.25) is 11.7 Å². The molecule has 1 unspecified atom stereocenters. The minimum absolute atomic E-state index is 0.0375. The van der Waals surface area contributed by atoms with Crippen molar-refractivity contribution in [2.45, 2.75) is 13.0 Å². The van der Waals surface area contributed by atoms with Crippen LogP contribution in [0.15, 0.2) is 49.1 Å². The van der Waals surface area contributed by atoms with E-state index in [0.717, 1.165) is 11.3 Å². The highest BCUT2D eigenvalue weighted by atomic mass is 16.5. The zero-order valence-electron chi connectivity index (χ0n) is 18.3. The third kappa shape index (κ3) is 5.13. The molecule has 1 atom stereocenters. The van der Waals surface area contributed by atoms with E-state index in [2.05, 4.69) is 22.3 Å². The van der Waals surface area contributed by atoms with Gasteiger partial charge in [-0.2, -0.15) is 5.10 Å². The van der Waals surface area contributed by atoms with Gasteiger partial charge in [0.15, 0.2) is 11.5 Å². The van der Waals surface area contributed by atoms with E-state index in [4.69, 9.17) is 14.2 Å². The second-order valence-electron chi connectivity index (χ2n) is 6.98. The number of benzene rings is 2. The van der Waals surface area contributed by atoms with Gasteiger partial charge in [-0.1, -0.05) is 12.1 Å². The van der Waals surface area contributed by atoms with Gasteiger partial charge in [0.05, 0.1) is 33.6 Å². The van der Waals surface area contributed by atoms with Crippen molar-refractivity contribution in [3.05, 3.63) is 54.6 Å². The van der Waals surface area contributed by atoms with Gasteiger partial charge in [0.25, 0.3) is 0 Å². The molecule has 3 aromatic rings. The van der Waals surface area contributed by atoms with Gasteiger partial charge >= 0.3 is 0 Å². The molecule has 0 fully saturated rings. The monoisotopic (exact) mass is 425 g/mol. The minimum Gasteiger partial charge on any atom is -0.493 e. The standard InChI is InChI=1S/C22H27N5O4/c1-15(16-6-8-18(9-7-16)27-14-23-13-24-27)26(2)12-21(28)25-17-10-19(29-3)22(31-5)20(11-17)30-4/h6-11,13-15H,12H2,1-5H3,(H,25,28). The molecule has 0 saturated carbocycles. The first kappa shape index (κ1) is 22.1. The molecule has 2 aromatic carbocycles. The molecule has 1 aromatic heterocycles. The van der Waals surface area contributed by atoms with Gasteiger partial charge < -0.3 is 19.5 Å². The smallest absolute Gasteiger partial charge is 0.238 e. The Hall–Kier alpha value is -3.59. The molecule has 31 heavy (non-hydrogen) atoms. The Bertz CT molecular complexity index is 980. The molecule has 1 amide bonds. The number of ether oxygens (including phenoxy) is 3.